The van der Waals surface area contributed by atoms with E-state index in [1.165, 1.54) is 31.4 Å². The topological polar surface area (TPSA) is 116 Å². The average Bonchev–Trinajstić information content (AvgIpc) is 2.77. The quantitative estimate of drug-likeness (QED) is 0.357. The molecule has 0 unspecified atom stereocenters. The number of fused-ring (bicyclic) bond motifs is 1. The Morgan fingerprint density at radius 1 is 1.06 bits per heavy atom. The van der Waals surface area contributed by atoms with E-state index in [4.69, 9.17) is 9.47 Å². The number of aliphatic hydroxyl groups excluding tert-OH is 1. The highest BCUT2D eigenvalue weighted by Crippen LogP contribution is 2.46. The molecule has 7 heteroatoms. The first-order chi connectivity index (χ1) is 15.4. The van der Waals surface area contributed by atoms with Gasteiger partial charge in [-0.2, -0.15) is 0 Å². The summed E-state index contributed by atoms with van der Waals surface area (Å²) in [5.74, 6) is -0.842. The van der Waals surface area contributed by atoms with Crippen LogP contribution in [0, 0.1) is 0 Å². The highest BCUT2D eigenvalue weighted by Gasteiger charge is 2.36. The lowest BCUT2D eigenvalue weighted by molar-refractivity contribution is 0.0189. The van der Waals surface area contributed by atoms with Crippen molar-refractivity contribution in [3.8, 4) is 28.7 Å². The predicted molar refractivity (Wildman–Crippen MR) is 117 cm³/mol. The van der Waals surface area contributed by atoms with E-state index in [1.807, 2.05) is 30.3 Å². The van der Waals surface area contributed by atoms with Crippen molar-refractivity contribution < 1.29 is 34.7 Å². The highest BCUT2D eigenvalue weighted by molar-refractivity contribution is 6.11. The molecular formula is C25H22O7. The van der Waals surface area contributed by atoms with Crippen molar-refractivity contribution >= 4 is 11.9 Å². The van der Waals surface area contributed by atoms with E-state index < -0.39 is 18.0 Å². The lowest BCUT2D eigenvalue weighted by atomic mass is 9.91. The van der Waals surface area contributed by atoms with Crippen LogP contribution in [-0.4, -0.2) is 39.4 Å². The van der Waals surface area contributed by atoms with Gasteiger partial charge in [-0.15, -0.1) is 0 Å². The van der Waals surface area contributed by atoms with Gasteiger partial charge in [0.05, 0.1) is 13.2 Å². The van der Waals surface area contributed by atoms with Crippen LogP contribution in [0.1, 0.15) is 33.2 Å². The van der Waals surface area contributed by atoms with Crippen LogP contribution in [0.5, 0.6) is 28.7 Å². The van der Waals surface area contributed by atoms with Crippen molar-refractivity contribution in [2.45, 2.75) is 18.6 Å². The molecule has 164 valence electrons. The molecule has 1 heterocycles. The Kier molecular flexibility index (Phi) is 5.75. The average molecular weight is 434 g/mol. The maximum Gasteiger partial charge on any atom is 0.193 e. The fraction of sp³-hybridized carbons (Fsp3) is 0.160. The van der Waals surface area contributed by atoms with Crippen molar-refractivity contribution in [1.29, 1.82) is 0 Å². The van der Waals surface area contributed by atoms with E-state index in [9.17, 15) is 25.2 Å². The van der Waals surface area contributed by atoms with Gasteiger partial charge in [-0.3, -0.25) is 4.79 Å². The van der Waals surface area contributed by atoms with E-state index in [0.717, 1.165) is 11.6 Å². The zero-order valence-electron chi connectivity index (χ0n) is 17.2. The van der Waals surface area contributed by atoms with Crippen LogP contribution in [0.15, 0.2) is 60.7 Å². The molecule has 4 N–H and O–H groups in total. The molecule has 0 bridgehead atoms. The number of benzene rings is 3. The molecule has 1 aliphatic rings. The first-order valence-corrected chi connectivity index (χ1v) is 9.95. The number of hydrogen-bond donors (Lipinski definition) is 4. The first-order valence-electron chi connectivity index (χ1n) is 9.95. The van der Waals surface area contributed by atoms with E-state index in [-0.39, 0.29) is 40.7 Å². The summed E-state index contributed by atoms with van der Waals surface area (Å²) in [4.78, 5) is 13.0. The number of methoxy groups -OCH3 is 1. The van der Waals surface area contributed by atoms with Crippen LogP contribution in [0.25, 0.3) is 6.08 Å². The Balaban J connectivity index is 1.78. The van der Waals surface area contributed by atoms with Gasteiger partial charge in [-0.25, -0.2) is 0 Å². The van der Waals surface area contributed by atoms with E-state index >= 15 is 0 Å². The molecule has 2 atom stereocenters. The Morgan fingerprint density at radius 3 is 2.41 bits per heavy atom. The molecule has 0 spiro atoms. The molecule has 32 heavy (non-hydrogen) atoms. The molecular weight excluding hydrogens is 412 g/mol. The zero-order chi connectivity index (χ0) is 22.8. The fourth-order valence-electron chi connectivity index (χ4n) is 3.82. The van der Waals surface area contributed by atoms with E-state index in [0.29, 0.717) is 11.1 Å². The number of hydrogen-bond acceptors (Lipinski definition) is 7. The molecule has 0 fully saturated rings. The summed E-state index contributed by atoms with van der Waals surface area (Å²) >= 11 is 0. The smallest absolute Gasteiger partial charge is 0.193 e. The number of allylic oxidation sites excluding steroid dienone is 1. The van der Waals surface area contributed by atoms with Gasteiger partial charge >= 0.3 is 0 Å². The van der Waals surface area contributed by atoms with Crippen molar-refractivity contribution in [2.24, 2.45) is 0 Å². The Bertz CT molecular complexity index is 1160. The molecule has 1 aliphatic heterocycles. The molecule has 4 rings (SSSR count). The number of phenols is 3. The normalized spacial score (nSPS) is 17.6. The minimum Gasteiger partial charge on any atom is -0.508 e. The van der Waals surface area contributed by atoms with E-state index in [2.05, 4.69) is 0 Å². The number of phenolic OH excluding ortho intramolecular Hbond substituents is 3. The van der Waals surface area contributed by atoms with Gasteiger partial charge in [-0.05, 0) is 23.8 Å². The molecule has 3 aromatic rings. The van der Waals surface area contributed by atoms with Gasteiger partial charge in [0.1, 0.15) is 34.3 Å². The number of aliphatic hydroxyl groups is 1. The maximum atomic E-state index is 13.0. The van der Waals surface area contributed by atoms with Gasteiger partial charge < -0.3 is 29.9 Å². The van der Waals surface area contributed by atoms with Crippen LogP contribution in [0.2, 0.25) is 0 Å². The van der Waals surface area contributed by atoms with Gasteiger partial charge in [0.2, 0.25) is 0 Å². The zero-order valence-corrected chi connectivity index (χ0v) is 17.2. The predicted octanol–water partition coefficient (Wildman–Crippen LogP) is 3.75. The van der Waals surface area contributed by atoms with Crippen LogP contribution in [0.3, 0.4) is 0 Å². The second-order valence-electron chi connectivity index (χ2n) is 7.48. The SMILES string of the molecule is COc1cc(O)c(C(=O)/C=C/c2ccccc2)c2c1C[C@@H](O)[C@H](c1cc(O)cc(O)c1)O2. The van der Waals surface area contributed by atoms with E-state index in [1.54, 1.807) is 6.08 Å². The van der Waals surface area contributed by atoms with Gasteiger partial charge in [0, 0.05) is 29.7 Å². The third-order valence-corrected chi connectivity index (χ3v) is 5.28. The Labute approximate surface area is 184 Å². The summed E-state index contributed by atoms with van der Waals surface area (Å²) in [5, 5.41) is 41.0. The molecule has 0 saturated heterocycles. The van der Waals surface area contributed by atoms with Crippen LogP contribution in [-0.2, 0) is 6.42 Å². The fourth-order valence-corrected chi connectivity index (χ4v) is 3.82. The second kappa shape index (κ2) is 8.64. The monoisotopic (exact) mass is 434 g/mol. The summed E-state index contributed by atoms with van der Waals surface area (Å²) < 4.78 is 11.3. The van der Waals surface area contributed by atoms with Crippen LogP contribution in [0.4, 0.5) is 0 Å². The molecule has 0 aromatic heterocycles. The minimum absolute atomic E-state index is 0.0609. The molecule has 0 saturated carbocycles. The molecule has 3 aromatic carbocycles. The minimum atomic E-state index is -1.05. The largest absolute Gasteiger partial charge is 0.508 e. The standard InChI is InChI=1S/C25H22O7/c1-31-22-13-20(29)23(19(28)8-7-14-5-3-2-4-6-14)25-18(22)12-21(30)24(32-25)15-9-16(26)11-17(27)10-15/h2-11,13,21,24,26-27,29-30H,12H2,1H3/b8-7+/t21-,24+/m1/s1. The molecule has 0 radical (unpaired) electrons. The lowest BCUT2D eigenvalue weighted by Gasteiger charge is -2.33. The van der Waals surface area contributed by atoms with Crippen molar-refractivity contribution in [2.75, 3.05) is 7.11 Å². The van der Waals surface area contributed by atoms with Gasteiger partial charge in [0.15, 0.2) is 11.9 Å². The van der Waals surface area contributed by atoms with Crippen LogP contribution < -0.4 is 9.47 Å². The Morgan fingerprint density at radius 2 is 1.75 bits per heavy atom. The number of aromatic hydroxyl groups is 3. The lowest BCUT2D eigenvalue weighted by Crippen LogP contribution is -2.31. The van der Waals surface area contributed by atoms with Gasteiger partial charge in [-0.1, -0.05) is 36.4 Å². The summed E-state index contributed by atoms with van der Waals surface area (Å²) in [7, 11) is 1.41. The van der Waals surface area contributed by atoms with Crippen molar-refractivity contribution in [1.82, 2.24) is 0 Å². The molecule has 7 nitrogen and oxygen atoms in total. The molecule has 0 aliphatic carbocycles. The Hall–Kier alpha value is -3.97. The summed E-state index contributed by atoms with van der Waals surface area (Å²) in [5.41, 5.74) is 1.51. The number of carbonyl (C=O) groups excluding carboxylic acids is 1. The van der Waals surface area contributed by atoms with Crippen molar-refractivity contribution in [3.05, 3.63) is 82.9 Å². The van der Waals surface area contributed by atoms with Gasteiger partial charge in [0.25, 0.3) is 0 Å². The maximum absolute atomic E-state index is 13.0. The third kappa shape index (κ3) is 4.10. The number of carbonyl (C=O) groups is 1. The van der Waals surface area contributed by atoms with Crippen LogP contribution >= 0.6 is 0 Å². The van der Waals surface area contributed by atoms with Crippen molar-refractivity contribution in [3.63, 3.8) is 0 Å². The summed E-state index contributed by atoms with van der Waals surface area (Å²) in [6, 6.07) is 14.4. The summed E-state index contributed by atoms with van der Waals surface area (Å²) in [6.07, 6.45) is 0.992. The summed E-state index contributed by atoms with van der Waals surface area (Å²) in [6.45, 7) is 0. The second-order valence-corrected chi connectivity index (χ2v) is 7.48. The number of ether oxygens (including phenoxy) is 2. The number of rotatable bonds is 5. The highest BCUT2D eigenvalue weighted by atomic mass is 16.5. The molecule has 0 amide bonds. The first kappa shape index (κ1) is 21.3. The third-order valence-electron chi connectivity index (χ3n) is 5.28. The number of ketones is 1.